The lowest BCUT2D eigenvalue weighted by Crippen LogP contribution is -2.21. The Hall–Kier alpha value is -3.34. The molecule has 3 aromatic carbocycles. The van der Waals surface area contributed by atoms with Crippen LogP contribution in [0, 0.1) is 0 Å². The Bertz CT molecular complexity index is 1120. The maximum Gasteiger partial charge on any atom is 0.230 e. The van der Waals surface area contributed by atoms with E-state index in [2.05, 4.69) is 64.6 Å². The van der Waals surface area contributed by atoms with Gasteiger partial charge in [0.2, 0.25) is 5.91 Å². The van der Waals surface area contributed by atoms with E-state index >= 15 is 0 Å². The van der Waals surface area contributed by atoms with E-state index in [1.54, 1.807) is 0 Å². The van der Waals surface area contributed by atoms with Crippen molar-refractivity contribution in [3.05, 3.63) is 66.2 Å². The normalized spacial score (nSPS) is 11.1. The molecule has 5 heteroatoms. The Morgan fingerprint density at radius 2 is 1.79 bits per heavy atom. The minimum atomic E-state index is -0.0713. The van der Waals surface area contributed by atoms with Crippen molar-refractivity contribution >= 4 is 39.1 Å². The number of amides is 1. The van der Waals surface area contributed by atoms with E-state index in [-0.39, 0.29) is 5.91 Å². The molecule has 0 aliphatic carbocycles. The zero-order chi connectivity index (χ0) is 19.5. The van der Waals surface area contributed by atoms with Crippen molar-refractivity contribution in [1.82, 2.24) is 10.2 Å². The third-order valence-electron chi connectivity index (χ3n) is 5.16. The summed E-state index contributed by atoms with van der Waals surface area (Å²) in [6.45, 7) is 6.14. The number of hydrogen-bond donors (Lipinski definition) is 2. The van der Waals surface area contributed by atoms with Crippen LogP contribution in [0.4, 0.5) is 11.5 Å². The maximum absolute atomic E-state index is 12.7. The van der Waals surface area contributed by atoms with Crippen molar-refractivity contribution in [1.29, 1.82) is 0 Å². The van der Waals surface area contributed by atoms with Gasteiger partial charge in [0.25, 0.3) is 0 Å². The smallest absolute Gasteiger partial charge is 0.230 e. The molecule has 0 saturated carbocycles. The molecule has 0 aliphatic rings. The van der Waals surface area contributed by atoms with Crippen LogP contribution in [-0.4, -0.2) is 29.2 Å². The van der Waals surface area contributed by atoms with Crippen molar-refractivity contribution in [3.63, 3.8) is 0 Å². The highest BCUT2D eigenvalue weighted by Crippen LogP contribution is 2.26. The zero-order valence-corrected chi connectivity index (χ0v) is 16.2. The largest absolute Gasteiger partial charge is 0.372 e. The minimum Gasteiger partial charge on any atom is -0.372 e. The number of nitrogens with zero attached hydrogens (tertiary/aromatic N) is 2. The number of aromatic nitrogens is 2. The highest BCUT2D eigenvalue weighted by molar-refractivity contribution is 6.02. The fourth-order valence-corrected chi connectivity index (χ4v) is 3.68. The van der Waals surface area contributed by atoms with E-state index in [4.69, 9.17) is 0 Å². The number of H-pyrrole nitrogens is 1. The fourth-order valence-electron chi connectivity index (χ4n) is 3.68. The van der Waals surface area contributed by atoms with Gasteiger partial charge in [-0.1, -0.05) is 42.5 Å². The molecule has 2 N–H and O–H groups in total. The van der Waals surface area contributed by atoms with E-state index in [1.807, 2.05) is 30.3 Å². The average Bonchev–Trinajstić information content (AvgIpc) is 3.11. The Balaban J connectivity index is 1.59. The number of aromatic amines is 1. The molecule has 28 heavy (non-hydrogen) atoms. The summed E-state index contributed by atoms with van der Waals surface area (Å²) in [4.78, 5) is 15.0. The van der Waals surface area contributed by atoms with Crippen LogP contribution in [0.15, 0.2) is 60.7 Å². The molecule has 0 atom stereocenters. The van der Waals surface area contributed by atoms with Gasteiger partial charge >= 0.3 is 0 Å². The van der Waals surface area contributed by atoms with Crippen molar-refractivity contribution in [2.45, 2.75) is 20.3 Å². The van der Waals surface area contributed by atoms with Crippen LogP contribution in [0.25, 0.3) is 21.7 Å². The third kappa shape index (κ3) is 3.43. The summed E-state index contributed by atoms with van der Waals surface area (Å²) in [7, 11) is 0. The summed E-state index contributed by atoms with van der Waals surface area (Å²) in [6.07, 6.45) is 0.311. The number of carbonyl (C=O) groups excluding carboxylic acids is 1. The lowest BCUT2D eigenvalue weighted by molar-refractivity contribution is -0.115. The van der Waals surface area contributed by atoms with Crippen LogP contribution >= 0.6 is 0 Å². The zero-order valence-electron chi connectivity index (χ0n) is 16.2. The van der Waals surface area contributed by atoms with Gasteiger partial charge in [-0.25, -0.2) is 0 Å². The van der Waals surface area contributed by atoms with Gasteiger partial charge < -0.3 is 10.2 Å². The number of anilines is 2. The first-order chi connectivity index (χ1) is 13.7. The Kier molecular flexibility index (Phi) is 4.98. The fraction of sp³-hybridized carbons (Fsp3) is 0.217. The van der Waals surface area contributed by atoms with Crippen molar-refractivity contribution in [2.75, 3.05) is 23.3 Å². The van der Waals surface area contributed by atoms with Gasteiger partial charge in [0.05, 0.1) is 11.9 Å². The molecule has 1 heterocycles. The van der Waals surface area contributed by atoms with E-state index in [9.17, 15) is 4.79 Å². The van der Waals surface area contributed by atoms with Crippen LogP contribution in [0.2, 0.25) is 0 Å². The summed E-state index contributed by atoms with van der Waals surface area (Å²) < 4.78 is 0. The van der Waals surface area contributed by atoms with Crippen molar-refractivity contribution < 1.29 is 4.79 Å². The van der Waals surface area contributed by atoms with Crippen molar-refractivity contribution in [2.24, 2.45) is 0 Å². The molecule has 0 bridgehead atoms. The first kappa shape index (κ1) is 18.0. The lowest BCUT2D eigenvalue weighted by atomic mass is 10.0. The summed E-state index contributed by atoms with van der Waals surface area (Å²) in [5.41, 5.74) is 3.05. The molecule has 0 aliphatic heterocycles. The topological polar surface area (TPSA) is 61.0 Å². The van der Waals surface area contributed by atoms with Crippen molar-refractivity contribution in [3.8, 4) is 0 Å². The summed E-state index contributed by atoms with van der Waals surface area (Å²) >= 11 is 0. The Labute approximate surface area is 164 Å². The van der Waals surface area contributed by atoms with E-state index in [0.29, 0.717) is 12.2 Å². The highest BCUT2D eigenvalue weighted by atomic mass is 16.1. The Morgan fingerprint density at radius 3 is 2.61 bits per heavy atom. The van der Waals surface area contributed by atoms with Gasteiger partial charge in [-0.05, 0) is 48.4 Å². The number of benzene rings is 3. The molecular formula is C23H24N4O. The molecule has 0 radical (unpaired) electrons. The van der Waals surface area contributed by atoms with Crippen LogP contribution in [0.3, 0.4) is 0 Å². The molecule has 1 aromatic heterocycles. The number of fused-ring (bicyclic) bond motifs is 2. The minimum absolute atomic E-state index is 0.0713. The second-order valence-corrected chi connectivity index (χ2v) is 6.84. The van der Waals surface area contributed by atoms with Crippen LogP contribution < -0.4 is 10.2 Å². The van der Waals surface area contributed by atoms with Crippen LogP contribution in [0.5, 0.6) is 0 Å². The molecule has 1 amide bonds. The molecular weight excluding hydrogens is 348 g/mol. The van der Waals surface area contributed by atoms with Gasteiger partial charge in [-0.3, -0.25) is 9.89 Å². The summed E-state index contributed by atoms with van der Waals surface area (Å²) in [5, 5.41) is 13.5. The SMILES string of the molecule is CCN(CC)c1ccc2[nH]nc(NC(=O)Cc3cccc4ccccc34)c2c1. The molecule has 5 nitrogen and oxygen atoms in total. The number of nitrogens with one attached hydrogen (secondary N) is 2. The molecule has 4 rings (SSSR count). The van der Waals surface area contributed by atoms with E-state index in [1.165, 1.54) is 0 Å². The van der Waals surface area contributed by atoms with Gasteiger partial charge in [0.15, 0.2) is 5.82 Å². The summed E-state index contributed by atoms with van der Waals surface area (Å²) in [6, 6.07) is 20.4. The van der Waals surface area contributed by atoms with Gasteiger partial charge in [-0.15, -0.1) is 0 Å². The average molecular weight is 372 g/mol. The van der Waals surface area contributed by atoms with Gasteiger partial charge in [-0.2, -0.15) is 5.10 Å². The predicted octanol–water partition coefficient (Wildman–Crippen LogP) is 4.74. The molecule has 4 aromatic rings. The predicted molar refractivity (Wildman–Crippen MR) is 116 cm³/mol. The van der Waals surface area contributed by atoms with Gasteiger partial charge in [0, 0.05) is 24.2 Å². The highest BCUT2D eigenvalue weighted by Gasteiger charge is 2.13. The van der Waals surface area contributed by atoms with Gasteiger partial charge in [0.1, 0.15) is 0 Å². The lowest BCUT2D eigenvalue weighted by Gasteiger charge is -2.20. The third-order valence-corrected chi connectivity index (χ3v) is 5.16. The van der Waals surface area contributed by atoms with E-state index in [0.717, 1.165) is 46.0 Å². The maximum atomic E-state index is 12.7. The molecule has 0 fully saturated rings. The second kappa shape index (κ2) is 7.72. The Morgan fingerprint density at radius 1 is 1.00 bits per heavy atom. The summed E-state index contributed by atoms with van der Waals surface area (Å²) in [5.74, 6) is 0.507. The number of hydrogen-bond acceptors (Lipinski definition) is 3. The standard InChI is InChI=1S/C23H24N4O/c1-3-27(4-2)18-12-13-21-20(15-18)23(26-25-21)24-22(28)14-17-10-7-9-16-8-5-6-11-19(16)17/h5-13,15H,3-4,14H2,1-2H3,(H2,24,25,26,28). The quantitative estimate of drug-likeness (QED) is 0.514. The first-order valence-corrected chi connectivity index (χ1v) is 9.69. The number of carbonyl (C=O) groups is 1. The molecule has 0 spiro atoms. The molecule has 142 valence electrons. The monoisotopic (exact) mass is 372 g/mol. The molecule has 0 unspecified atom stereocenters. The van der Waals surface area contributed by atoms with Crippen LogP contribution in [0.1, 0.15) is 19.4 Å². The first-order valence-electron chi connectivity index (χ1n) is 9.69. The van der Waals surface area contributed by atoms with E-state index < -0.39 is 0 Å². The number of rotatable bonds is 6. The van der Waals surface area contributed by atoms with Crippen LogP contribution in [-0.2, 0) is 11.2 Å². The second-order valence-electron chi connectivity index (χ2n) is 6.84. The molecule has 0 saturated heterocycles.